The molecule has 0 radical (unpaired) electrons. The van der Waals surface area contributed by atoms with Crippen LogP contribution in [0.1, 0.15) is 23.2 Å². The van der Waals surface area contributed by atoms with Crippen molar-refractivity contribution in [3.05, 3.63) is 84.1 Å². The van der Waals surface area contributed by atoms with Crippen LogP contribution in [0.15, 0.2) is 76.2 Å². The van der Waals surface area contributed by atoms with Crippen molar-refractivity contribution < 1.29 is 12.8 Å². The van der Waals surface area contributed by atoms with Gasteiger partial charge in [-0.05, 0) is 43.5 Å². The number of nitrogens with one attached hydrogen (secondary N) is 1. The van der Waals surface area contributed by atoms with Gasteiger partial charge in [-0.3, -0.25) is 4.68 Å². The van der Waals surface area contributed by atoms with Gasteiger partial charge >= 0.3 is 0 Å². The Morgan fingerprint density at radius 1 is 1.07 bits per heavy atom. The molecular weight excluding hydrogens is 374 g/mol. The van der Waals surface area contributed by atoms with Crippen molar-refractivity contribution in [2.24, 2.45) is 0 Å². The van der Waals surface area contributed by atoms with Gasteiger partial charge in [0.1, 0.15) is 11.8 Å². The number of sulfonamides is 1. The molecule has 144 valence electrons. The lowest BCUT2D eigenvalue weighted by Crippen LogP contribution is -2.32. The average molecular weight is 395 g/mol. The fourth-order valence-corrected chi connectivity index (χ4v) is 4.71. The van der Waals surface area contributed by atoms with Crippen LogP contribution in [0.4, 0.5) is 0 Å². The van der Waals surface area contributed by atoms with Crippen LogP contribution in [0.25, 0.3) is 10.8 Å². The van der Waals surface area contributed by atoms with Gasteiger partial charge in [0, 0.05) is 17.6 Å². The maximum Gasteiger partial charge on any atom is 0.241 e. The molecule has 28 heavy (non-hydrogen) atoms. The minimum atomic E-state index is -3.72. The lowest BCUT2D eigenvalue weighted by atomic mass is 10.1. The van der Waals surface area contributed by atoms with Crippen LogP contribution in [-0.2, 0) is 10.0 Å². The standard InChI is InChI=1S/C21H21N3O3S/c1-15-13-16(2)24(23-15)19(20-10-6-12-27-20)14-22-28(25,26)21-11-5-8-17-7-3-4-9-18(17)21/h3-13,19,22H,14H2,1-2H3. The molecule has 2 heterocycles. The van der Waals surface area contributed by atoms with Crippen molar-refractivity contribution in [3.8, 4) is 0 Å². The number of benzene rings is 2. The van der Waals surface area contributed by atoms with Crippen molar-refractivity contribution in [1.29, 1.82) is 0 Å². The number of furan rings is 1. The van der Waals surface area contributed by atoms with Crippen molar-refractivity contribution >= 4 is 20.8 Å². The molecule has 0 aliphatic rings. The van der Waals surface area contributed by atoms with Crippen molar-refractivity contribution in [2.45, 2.75) is 24.8 Å². The first-order chi connectivity index (χ1) is 13.5. The molecule has 4 aromatic rings. The number of nitrogens with zero attached hydrogens (tertiary/aromatic N) is 2. The maximum atomic E-state index is 13.1. The second-order valence-electron chi connectivity index (χ2n) is 6.73. The van der Waals surface area contributed by atoms with Crippen LogP contribution in [0.2, 0.25) is 0 Å². The van der Waals surface area contributed by atoms with E-state index in [1.165, 1.54) is 0 Å². The molecular formula is C21H21N3O3S. The smallest absolute Gasteiger partial charge is 0.241 e. The molecule has 0 bridgehead atoms. The zero-order valence-corrected chi connectivity index (χ0v) is 16.5. The highest BCUT2D eigenvalue weighted by atomic mass is 32.2. The van der Waals surface area contributed by atoms with Gasteiger partial charge in [0.05, 0.1) is 16.9 Å². The monoisotopic (exact) mass is 395 g/mol. The lowest BCUT2D eigenvalue weighted by molar-refractivity contribution is 0.397. The highest BCUT2D eigenvalue weighted by Gasteiger charge is 2.24. The first-order valence-electron chi connectivity index (χ1n) is 8.99. The summed E-state index contributed by atoms with van der Waals surface area (Å²) in [5.74, 6) is 0.645. The largest absolute Gasteiger partial charge is 0.467 e. The molecule has 1 N–H and O–H groups in total. The van der Waals surface area contributed by atoms with Gasteiger partial charge in [0.2, 0.25) is 10.0 Å². The third kappa shape index (κ3) is 3.46. The Balaban J connectivity index is 1.68. The molecule has 0 fully saturated rings. The highest BCUT2D eigenvalue weighted by molar-refractivity contribution is 7.89. The predicted molar refractivity (Wildman–Crippen MR) is 108 cm³/mol. The number of aryl methyl sites for hydroxylation is 2. The van der Waals surface area contributed by atoms with E-state index in [2.05, 4.69) is 9.82 Å². The van der Waals surface area contributed by atoms with Gasteiger partial charge in [-0.25, -0.2) is 13.1 Å². The minimum absolute atomic E-state index is 0.126. The van der Waals surface area contributed by atoms with E-state index in [0.717, 1.165) is 16.8 Å². The maximum absolute atomic E-state index is 13.1. The molecule has 7 heteroatoms. The molecule has 0 saturated carbocycles. The van der Waals surface area contributed by atoms with Gasteiger partial charge in [-0.15, -0.1) is 0 Å². The molecule has 0 aliphatic carbocycles. The number of rotatable bonds is 6. The fraction of sp³-hybridized carbons (Fsp3) is 0.190. The molecule has 2 aromatic heterocycles. The third-order valence-corrected chi connectivity index (χ3v) is 6.20. The summed E-state index contributed by atoms with van der Waals surface area (Å²) in [4.78, 5) is 0.261. The van der Waals surface area contributed by atoms with E-state index < -0.39 is 10.0 Å². The van der Waals surface area contributed by atoms with Crippen LogP contribution in [0, 0.1) is 13.8 Å². The van der Waals surface area contributed by atoms with Crippen molar-refractivity contribution in [1.82, 2.24) is 14.5 Å². The molecule has 0 amide bonds. The minimum Gasteiger partial charge on any atom is -0.467 e. The summed E-state index contributed by atoms with van der Waals surface area (Å²) >= 11 is 0. The number of fused-ring (bicyclic) bond motifs is 1. The van der Waals surface area contributed by atoms with Gasteiger partial charge < -0.3 is 4.42 Å². The Hall–Kier alpha value is -2.90. The van der Waals surface area contributed by atoms with Crippen LogP contribution in [-0.4, -0.2) is 24.7 Å². The Morgan fingerprint density at radius 2 is 1.86 bits per heavy atom. The first kappa shape index (κ1) is 18.5. The second-order valence-corrected chi connectivity index (χ2v) is 8.47. The summed E-state index contributed by atoms with van der Waals surface area (Å²) in [5.41, 5.74) is 1.80. The fourth-order valence-electron chi connectivity index (χ4n) is 3.45. The highest BCUT2D eigenvalue weighted by Crippen LogP contribution is 2.24. The predicted octanol–water partition coefficient (Wildman–Crippen LogP) is 3.81. The van der Waals surface area contributed by atoms with Gasteiger partial charge in [0.15, 0.2) is 0 Å². The Labute approximate surface area is 163 Å². The molecule has 4 rings (SSSR count). The quantitative estimate of drug-likeness (QED) is 0.538. The van der Waals surface area contributed by atoms with Crippen molar-refractivity contribution in [3.63, 3.8) is 0 Å². The zero-order chi connectivity index (χ0) is 19.7. The van der Waals surface area contributed by atoms with E-state index in [9.17, 15) is 8.42 Å². The van der Waals surface area contributed by atoms with Gasteiger partial charge in [-0.2, -0.15) is 5.10 Å². The zero-order valence-electron chi connectivity index (χ0n) is 15.7. The summed E-state index contributed by atoms with van der Waals surface area (Å²) in [5, 5.41) is 6.09. The molecule has 0 aliphatic heterocycles. The van der Waals surface area contributed by atoms with Gasteiger partial charge in [-0.1, -0.05) is 36.4 Å². The topological polar surface area (TPSA) is 77.1 Å². The molecule has 1 unspecified atom stereocenters. The molecule has 6 nitrogen and oxygen atoms in total. The SMILES string of the molecule is Cc1cc(C)n(C(CNS(=O)(=O)c2cccc3ccccc23)c2ccco2)n1. The molecule has 0 spiro atoms. The Morgan fingerprint density at radius 3 is 2.57 bits per heavy atom. The summed E-state index contributed by atoms with van der Waals surface area (Å²) in [6.45, 7) is 3.97. The van der Waals surface area contributed by atoms with Crippen molar-refractivity contribution in [2.75, 3.05) is 6.54 Å². The van der Waals surface area contributed by atoms with E-state index in [-0.39, 0.29) is 17.5 Å². The number of aromatic nitrogens is 2. The number of hydrogen-bond donors (Lipinski definition) is 1. The Bertz CT molecular complexity index is 1210. The second kappa shape index (κ2) is 7.26. The third-order valence-electron chi connectivity index (χ3n) is 4.72. The molecule has 2 aromatic carbocycles. The Kier molecular flexibility index (Phi) is 4.78. The number of hydrogen-bond acceptors (Lipinski definition) is 4. The normalized spacial score (nSPS) is 13.1. The molecule has 1 atom stereocenters. The van der Waals surface area contributed by atoms with Crippen LogP contribution < -0.4 is 4.72 Å². The average Bonchev–Trinajstić information content (AvgIpc) is 3.31. The summed E-state index contributed by atoms with van der Waals surface area (Å²) < 4.78 is 36.2. The van der Waals surface area contributed by atoms with E-state index in [4.69, 9.17) is 4.42 Å². The van der Waals surface area contributed by atoms with E-state index in [1.807, 2.05) is 56.3 Å². The van der Waals surface area contributed by atoms with Gasteiger partial charge in [0.25, 0.3) is 0 Å². The van der Waals surface area contributed by atoms with Crippen LogP contribution >= 0.6 is 0 Å². The summed E-state index contributed by atoms with van der Waals surface area (Å²) in [7, 11) is -3.72. The first-order valence-corrected chi connectivity index (χ1v) is 10.5. The van der Waals surface area contributed by atoms with Crippen LogP contribution in [0.5, 0.6) is 0 Å². The van der Waals surface area contributed by atoms with Crippen LogP contribution in [0.3, 0.4) is 0 Å². The van der Waals surface area contributed by atoms with E-state index in [0.29, 0.717) is 11.1 Å². The summed E-state index contributed by atoms with van der Waals surface area (Å²) in [6.07, 6.45) is 1.58. The molecule has 0 saturated heterocycles. The lowest BCUT2D eigenvalue weighted by Gasteiger charge is -2.18. The summed E-state index contributed by atoms with van der Waals surface area (Å²) in [6, 6.07) is 17.9. The van der Waals surface area contributed by atoms with E-state index in [1.54, 1.807) is 29.1 Å². The van der Waals surface area contributed by atoms with E-state index >= 15 is 0 Å².